The highest BCUT2D eigenvalue weighted by molar-refractivity contribution is 7.22. The molecule has 3 aliphatic rings. The number of rotatable bonds is 3. The molecule has 0 N–H and O–H groups in total. The van der Waals surface area contributed by atoms with Gasteiger partial charge in [0.15, 0.2) is 5.13 Å². The van der Waals surface area contributed by atoms with Crippen molar-refractivity contribution in [1.29, 1.82) is 0 Å². The molecule has 0 amide bonds. The standard InChI is InChI=1S/C20H21FN4S/c1-12-5-6-18-19(13(12)2)23-20(26-18)25-14-8-15(25)10-24(9-14)11-17-16(21)4-3-7-22-17/h3-7,14-15H,8-11H2,1-2H3. The molecule has 4 nitrogen and oxygen atoms in total. The molecule has 3 aliphatic heterocycles. The van der Waals surface area contributed by atoms with Gasteiger partial charge < -0.3 is 4.90 Å². The third-order valence-corrected chi connectivity index (χ3v) is 6.81. The van der Waals surface area contributed by atoms with Crippen LogP contribution >= 0.6 is 11.3 Å². The van der Waals surface area contributed by atoms with Crippen LogP contribution in [0, 0.1) is 19.7 Å². The molecule has 2 atom stereocenters. The molecule has 0 radical (unpaired) electrons. The van der Waals surface area contributed by atoms with Crippen LogP contribution in [0.5, 0.6) is 0 Å². The molecule has 2 bridgehead atoms. The third-order valence-electron chi connectivity index (χ3n) is 5.77. The van der Waals surface area contributed by atoms with Crippen molar-refractivity contribution in [2.75, 3.05) is 18.0 Å². The van der Waals surface area contributed by atoms with E-state index in [0.717, 1.165) is 23.7 Å². The summed E-state index contributed by atoms with van der Waals surface area (Å²) in [5, 5.41) is 1.14. The van der Waals surface area contributed by atoms with Crippen molar-refractivity contribution in [3.05, 3.63) is 53.1 Å². The molecule has 0 spiro atoms. The summed E-state index contributed by atoms with van der Waals surface area (Å²) in [5.74, 6) is -0.208. The summed E-state index contributed by atoms with van der Waals surface area (Å²) < 4.78 is 15.1. The summed E-state index contributed by atoms with van der Waals surface area (Å²) >= 11 is 1.79. The second-order valence-corrected chi connectivity index (χ2v) is 8.44. The fraction of sp³-hybridized carbons (Fsp3) is 0.400. The first-order chi connectivity index (χ1) is 12.6. The summed E-state index contributed by atoms with van der Waals surface area (Å²) in [6.45, 7) is 6.77. The van der Waals surface area contributed by atoms with Crippen molar-refractivity contribution >= 4 is 26.7 Å². The predicted octanol–water partition coefficient (Wildman–Crippen LogP) is 3.91. The number of benzene rings is 1. The van der Waals surface area contributed by atoms with Crippen LogP contribution in [0.3, 0.4) is 0 Å². The lowest BCUT2D eigenvalue weighted by Crippen LogP contribution is -2.68. The number of piperidine rings is 1. The van der Waals surface area contributed by atoms with E-state index in [2.05, 4.69) is 40.8 Å². The van der Waals surface area contributed by atoms with Gasteiger partial charge in [-0.15, -0.1) is 0 Å². The fourth-order valence-electron chi connectivity index (χ4n) is 4.21. The van der Waals surface area contributed by atoms with E-state index in [9.17, 15) is 4.39 Å². The Hall–Kier alpha value is -2.05. The van der Waals surface area contributed by atoms with E-state index in [-0.39, 0.29) is 5.82 Å². The molecule has 0 saturated carbocycles. The fourth-order valence-corrected chi connectivity index (χ4v) is 5.38. The Balaban J connectivity index is 1.35. The van der Waals surface area contributed by atoms with Crippen molar-refractivity contribution in [3.8, 4) is 0 Å². The number of hydrogen-bond donors (Lipinski definition) is 0. The molecule has 3 aromatic rings. The van der Waals surface area contributed by atoms with E-state index >= 15 is 0 Å². The average Bonchev–Trinajstić information content (AvgIpc) is 3.04. The summed E-state index contributed by atoms with van der Waals surface area (Å²) in [4.78, 5) is 13.9. The van der Waals surface area contributed by atoms with Crippen LogP contribution in [0.25, 0.3) is 10.2 Å². The Morgan fingerprint density at radius 1 is 1.19 bits per heavy atom. The maximum absolute atomic E-state index is 13.9. The maximum Gasteiger partial charge on any atom is 0.187 e. The number of nitrogens with zero attached hydrogens (tertiary/aromatic N) is 4. The third kappa shape index (κ3) is 2.51. The smallest absolute Gasteiger partial charge is 0.187 e. The number of aromatic nitrogens is 2. The Bertz CT molecular complexity index is 973. The minimum absolute atomic E-state index is 0.208. The molecule has 2 unspecified atom stereocenters. The summed E-state index contributed by atoms with van der Waals surface area (Å²) in [5.41, 5.74) is 4.26. The van der Waals surface area contributed by atoms with Crippen LogP contribution in [0.15, 0.2) is 30.5 Å². The van der Waals surface area contributed by atoms with Crippen molar-refractivity contribution in [3.63, 3.8) is 0 Å². The number of thiazole rings is 1. The first-order valence-corrected chi connectivity index (χ1v) is 9.88. The van der Waals surface area contributed by atoms with E-state index in [1.54, 1.807) is 23.6 Å². The quantitative estimate of drug-likeness (QED) is 0.702. The van der Waals surface area contributed by atoms with Gasteiger partial charge in [0.25, 0.3) is 0 Å². The second kappa shape index (κ2) is 5.99. The largest absolute Gasteiger partial charge is 0.339 e. The SMILES string of the molecule is Cc1ccc2sc(N3C4CC3CN(Cc3ncccc3F)C4)nc2c1C. The first kappa shape index (κ1) is 16.1. The van der Waals surface area contributed by atoms with Gasteiger partial charge in [0.2, 0.25) is 0 Å². The first-order valence-electron chi connectivity index (χ1n) is 9.07. The number of fused-ring (bicyclic) bond motifs is 3. The number of pyridine rings is 1. The molecule has 2 aromatic heterocycles. The molecular formula is C20H21FN4S. The highest BCUT2D eigenvalue weighted by Crippen LogP contribution is 2.41. The summed E-state index contributed by atoms with van der Waals surface area (Å²) in [7, 11) is 0. The van der Waals surface area contributed by atoms with E-state index in [4.69, 9.17) is 4.98 Å². The number of anilines is 1. The van der Waals surface area contributed by atoms with Crippen molar-refractivity contribution < 1.29 is 4.39 Å². The molecule has 3 fully saturated rings. The lowest BCUT2D eigenvalue weighted by Gasteiger charge is -2.56. The van der Waals surface area contributed by atoms with Gasteiger partial charge in [-0.25, -0.2) is 9.37 Å². The molecule has 5 heterocycles. The maximum atomic E-state index is 13.9. The highest BCUT2D eigenvalue weighted by Gasteiger charge is 2.46. The molecular weight excluding hydrogens is 347 g/mol. The lowest BCUT2D eigenvalue weighted by atomic mass is 9.88. The monoisotopic (exact) mass is 368 g/mol. The van der Waals surface area contributed by atoms with E-state index < -0.39 is 0 Å². The molecule has 134 valence electrons. The van der Waals surface area contributed by atoms with Gasteiger partial charge in [0.1, 0.15) is 5.82 Å². The van der Waals surface area contributed by atoms with Crippen molar-refractivity contribution in [2.24, 2.45) is 0 Å². The van der Waals surface area contributed by atoms with Gasteiger partial charge in [-0.1, -0.05) is 17.4 Å². The van der Waals surface area contributed by atoms with Gasteiger partial charge in [0, 0.05) is 37.9 Å². The highest BCUT2D eigenvalue weighted by atomic mass is 32.1. The number of halogens is 1. The van der Waals surface area contributed by atoms with Gasteiger partial charge in [-0.05, 0) is 49.6 Å². The minimum Gasteiger partial charge on any atom is -0.339 e. The zero-order valence-electron chi connectivity index (χ0n) is 14.9. The molecule has 0 aliphatic carbocycles. The van der Waals surface area contributed by atoms with Gasteiger partial charge >= 0.3 is 0 Å². The average molecular weight is 368 g/mol. The van der Waals surface area contributed by atoms with Crippen molar-refractivity contribution in [1.82, 2.24) is 14.9 Å². The molecule has 3 saturated heterocycles. The van der Waals surface area contributed by atoms with Crippen LogP contribution < -0.4 is 4.90 Å². The Labute approximate surface area is 156 Å². The topological polar surface area (TPSA) is 32.3 Å². The summed E-state index contributed by atoms with van der Waals surface area (Å²) in [6.07, 6.45) is 2.87. The van der Waals surface area contributed by atoms with E-state index in [0.29, 0.717) is 24.3 Å². The van der Waals surface area contributed by atoms with Crippen LogP contribution in [0.4, 0.5) is 9.52 Å². The zero-order chi connectivity index (χ0) is 17.8. The Morgan fingerprint density at radius 3 is 2.77 bits per heavy atom. The number of hydrogen-bond acceptors (Lipinski definition) is 5. The predicted molar refractivity (Wildman–Crippen MR) is 103 cm³/mol. The normalized spacial score (nSPS) is 22.7. The van der Waals surface area contributed by atoms with Crippen LogP contribution in [0.2, 0.25) is 0 Å². The molecule has 6 heteroatoms. The number of aryl methyl sites for hydroxylation is 2. The van der Waals surface area contributed by atoms with Crippen LogP contribution in [0.1, 0.15) is 23.2 Å². The zero-order valence-corrected chi connectivity index (χ0v) is 15.8. The molecule has 6 rings (SSSR count). The molecule has 26 heavy (non-hydrogen) atoms. The van der Waals surface area contributed by atoms with Crippen LogP contribution in [-0.4, -0.2) is 40.0 Å². The minimum atomic E-state index is -0.208. The Kier molecular flexibility index (Phi) is 3.72. The van der Waals surface area contributed by atoms with Gasteiger partial charge in [-0.3, -0.25) is 9.88 Å². The van der Waals surface area contributed by atoms with Gasteiger partial charge in [-0.2, -0.15) is 0 Å². The second-order valence-electron chi connectivity index (χ2n) is 7.43. The van der Waals surface area contributed by atoms with Crippen molar-refractivity contribution in [2.45, 2.75) is 38.9 Å². The number of piperazine rings is 1. The molecule has 1 aromatic carbocycles. The summed E-state index contributed by atoms with van der Waals surface area (Å²) in [6, 6.07) is 8.45. The lowest BCUT2D eigenvalue weighted by molar-refractivity contribution is 0.106. The Morgan fingerprint density at radius 2 is 2.00 bits per heavy atom. The van der Waals surface area contributed by atoms with Crippen LogP contribution in [-0.2, 0) is 6.54 Å². The van der Waals surface area contributed by atoms with E-state index in [1.165, 1.54) is 28.3 Å². The van der Waals surface area contributed by atoms with Gasteiger partial charge in [0.05, 0.1) is 15.9 Å². The van der Waals surface area contributed by atoms with E-state index in [1.807, 2.05) is 0 Å².